The second-order valence-electron chi connectivity index (χ2n) is 3.57. The van der Waals surface area contributed by atoms with Crippen molar-refractivity contribution in [2.24, 2.45) is 0 Å². The Morgan fingerprint density at radius 3 is 2.71 bits per heavy atom. The highest BCUT2D eigenvalue weighted by molar-refractivity contribution is 6.43. The van der Waals surface area contributed by atoms with Crippen LogP contribution in [0.25, 0.3) is 10.9 Å². The standard InChI is InChI=1S/C12H9Cl2NO2/c1-6-3-4-8(13)9-10(14)7(12(16)17-2)5-15-11(6)9/h3-5H,1-2H3. The van der Waals surface area contributed by atoms with Gasteiger partial charge in [0.25, 0.3) is 0 Å². The molecule has 0 amide bonds. The number of carbonyl (C=O) groups excluding carboxylic acids is 1. The summed E-state index contributed by atoms with van der Waals surface area (Å²) >= 11 is 12.2. The summed E-state index contributed by atoms with van der Waals surface area (Å²) in [5.74, 6) is -0.526. The SMILES string of the molecule is COC(=O)c1cnc2c(C)ccc(Cl)c2c1Cl. The molecule has 3 nitrogen and oxygen atoms in total. The Morgan fingerprint density at radius 1 is 1.35 bits per heavy atom. The van der Waals surface area contributed by atoms with Gasteiger partial charge in [-0.3, -0.25) is 4.98 Å². The van der Waals surface area contributed by atoms with Crippen LogP contribution in [0.1, 0.15) is 15.9 Å². The van der Waals surface area contributed by atoms with E-state index in [-0.39, 0.29) is 10.6 Å². The third-order valence-corrected chi connectivity index (χ3v) is 3.22. The number of benzene rings is 1. The van der Waals surface area contributed by atoms with E-state index in [0.717, 1.165) is 5.56 Å². The summed E-state index contributed by atoms with van der Waals surface area (Å²) in [6, 6.07) is 3.58. The summed E-state index contributed by atoms with van der Waals surface area (Å²) in [4.78, 5) is 15.7. The van der Waals surface area contributed by atoms with E-state index in [2.05, 4.69) is 9.72 Å². The molecule has 88 valence electrons. The second kappa shape index (κ2) is 4.51. The fourth-order valence-corrected chi connectivity index (χ4v) is 2.23. The minimum Gasteiger partial charge on any atom is -0.465 e. The number of nitrogens with zero attached hydrogens (tertiary/aromatic N) is 1. The first-order chi connectivity index (χ1) is 8.06. The number of pyridine rings is 1. The van der Waals surface area contributed by atoms with Crippen LogP contribution in [0, 0.1) is 6.92 Å². The van der Waals surface area contributed by atoms with Gasteiger partial charge in [0.2, 0.25) is 0 Å². The average molecular weight is 270 g/mol. The first-order valence-electron chi connectivity index (χ1n) is 4.88. The molecule has 0 saturated heterocycles. The maximum Gasteiger partial charge on any atom is 0.340 e. The van der Waals surface area contributed by atoms with Crippen molar-refractivity contribution in [3.05, 3.63) is 39.5 Å². The lowest BCUT2D eigenvalue weighted by Gasteiger charge is -2.08. The van der Waals surface area contributed by atoms with Crippen molar-refractivity contribution in [1.29, 1.82) is 0 Å². The first-order valence-corrected chi connectivity index (χ1v) is 5.63. The molecule has 1 aromatic heterocycles. The number of aryl methyl sites for hydroxylation is 1. The lowest BCUT2D eigenvalue weighted by molar-refractivity contribution is 0.0600. The van der Waals surface area contributed by atoms with E-state index in [1.54, 1.807) is 6.07 Å². The molecule has 0 fully saturated rings. The number of rotatable bonds is 1. The topological polar surface area (TPSA) is 39.2 Å². The zero-order valence-corrected chi connectivity index (χ0v) is 10.8. The normalized spacial score (nSPS) is 10.6. The largest absolute Gasteiger partial charge is 0.465 e. The molecular weight excluding hydrogens is 261 g/mol. The van der Waals surface area contributed by atoms with Crippen LogP contribution in [-0.4, -0.2) is 18.1 Å². The maximum atomic E-state index is 11.5. The Bertz CT molecular complexity index is 611. The van der Waals surface area contributed by atoms with Crippen molar-refractivity contribution in [3.8, 4) is 0 Å². The fraction of sp³-hybridized carbons (Fsp3) is 0.167. The molecular formula is C12H9Cl2NO2. The Balaban J connectivity index is 2.84. The second-order valence-corrected chi connectivity index (χ2v) is 4.35. The van der Waals surface area contributed by atoms with E-state index in [4.69, 9.17) is 23.2 Å². The predicted octanol–water partition coefficient (Wildman–Crippen LogP) is 3.64. The summed E-state index contributed by atoms with van der Waals surface area (Å²) in [5.41, 5.74) is 1.85. The Hall–Kier alpha value is -1.32. The number of esters is 1. The van der Waals surface area contributed by atoms with E-state index in [0.29, 0.717) is 15.9 Å². The Labute approximate surface area is 108 Å². The maximum absolute atomic E-state index is 11.5. The number of hydrogen-bond donors (Lipinski definition) is 0. The highest BCUT2D eigenvalue weighted by Crippen LogP contribution is 2.33. The minimum absolute atomic E-state index is 0.217. The van der Waals surface area contributed by atoms with Crippen molar-refractivity contribution in [3.63, 3.8) is 0 Å². The molecule has 2 aromatic rings. The number of carbonyl (C=O) groups is 1. The molecule has 0 aliphatic rings. The predicted molar refractivity (Wildman–Crippen MR) is 67.8 cm³/mol. The number of methoxy groups -OCH3 is 1. The zero-order valence-electron chi connectivity index (χ0n) is 9.25. The minimum atomic E-state index is -0.526. The van der Waals surface area contributed by atoms with Crippen LogP contribution in [0.3, 0.4) is 0 Å². The van der Waals surface area contributed by atoms with Crippen LogP contribution in [0.15, 0.2) is 18.3 Å². The summed E-state index contributed by atoms with van der Waals surface area (Å²) < 4.78 is 4.63. The molecule has 0 N–H and O–H groups in total. The van der Waals surface area contributed by atoms with Gasteiger partial charge < -0.3 is 4.74 Å². The molecule has 0 aliphatic carbocycles. The summed E-state index contributed by atoms with van der Waals surface area (Å²) in [6.07, 6.45) is 1.40. The Morgan fingerprint density at radius 2 is 2.06 bits per heavy atom. The smallest absolute Gasteiger partial charge is 0.340 e. The molecule has 17 heavy (non-hydrogen) atoms. The van der Waals surface area contributed by atoms with E-state index < -0.39 is 5.97 Å². The molecule has 0 radical (unpaired) electrons. The summed E-state index contributed by atoms with van der Waals surface area (Å²) in [7, 11) is 1.29. The zero-order chi connectivity index (χ0) is 12.6. The van der Waals surface area contributed by atoms with Gasteiger partial charge in [0, 0.05) is 11.6 Å². The highest BCUT2D eigenvalue weighted by Gasteiger charge is 2.16. The molecule has 1 heterocycles. The molecule has 0 aliphatic heterocycles. The lowest BCUT2D eigenvalue weighted by atomic mass is 10.1. The summed E-state index contributed by atoms with van der Waals surface area (Å²) in [6.45, 7) is 1.90. The van der Waals surface area contributed by atoms with Crippen LogP contribution < -0.4 is 0 Å². The molecule has 0 saturated carbocycles. The van der Waals surface area contributed by atoms with Gasteiger partial charge >= 0.3 is 5.97 Å². The van der Waals surface area contributed by atoms with Crippen LogP contribution >= 0.6 is 23.2 Å². The van der Waals surface area contributed by atoms with Crippen LogP contribution in [0.2, 0.25) is 10.0 Å². The molecule has 0 spiro atoms. The van der Waals surface area contributed by atoms with Crippen molar-refractivity contribution in [2.45, 2.75) is 6.92 Å². The van der Waals surface area contributed by atoms with Crippen LogP contribution in [0.4, 0.5) is 0 Å². The number of halogens is 2. The Kier molecular flexibility index (Phi) is 3.22. The lowest BCUT2D eigenvalue weighted by Crippen LogP contribution is -2.03. The van der Waals surface area contributed by atoms with Crippen LogP contribution in [-0.2, 0) is 4.74 Å². The number of aromatic nitrogens is 1. The third-order valence-electron chi connectivity index (χ3n) is 2.51. The van der Waals surface area contributed by atoms with Crippen molar-refractivity contribution >= 4 is 40.1 Å². The molecule has 5 heteroatoms. The quantitative estimate of drug-likeness (QED) is 0.742. The third kappa shape index (κ3) is 1.96. The first kappa shape index (κ1) is 12.1. The molecule has 0 unspecified atom stereocenters. The van der Waals surface area contributed by atoms with Gasteiger partial charge in [-0.1, -0.05) is 29.3 Å². The monoisotopic (exact) mass is 269 g/mol. The average Bonchev–Trinajstić information content (AvgIpc) is 2.33. The fourth-order valence-electron chi connectivity index (χ4n) is 1.62. The van der Waals surface area contributed by atoms with Crippen LogP contribution in [0.5, 0.6) is 0 Å². The molecule has 0 atom stereocenters. The van der Waals surface area contributed by atoms with E-state index in [1.807, 2.05) is 13.0 Å². The number of hydrogen-bond acceptors (Lipinski definition) is 3. The van der Waals surface area contributed by atoms with Crippen molar-refractivity contribution in [2.75, 3.05) is 7.11 Å². The van der Waals surface area contributed by atoms with Gasteiger partial charge in [-0.15, -0.1) is 0 Å². The van der Waals surface area contributed by atoms with Crippen molar-refractivity contribution < 1.29 is 9.53 Å². The van der Waals surface area contributed by atoms with E-state index in [1.165, 1.54) is 13.3 Å². The number of ether oxygens (including phenoxy) is 1. The van der Waals surface area contributed by atoms with Gasteiger partial charge in [-0.25, -0.2) is 4.79 Å². The van der Waals surface area contributed by atoms with Gasteiger partial charge in [0.05, 0.1) is 28.2 Å². The van der Waals surface area contributed by atoms with Gasteiger partial charge in [-0.2, -0.15) is 0 Å². The molecule has 1 aromatic carbocycles. The van der Waals surface area contributed by atoms with Gasteiger partial charge in [0.15, 0.2) is 0 Å². The number of fused-ring (bicyclic) bond motifs is 1. The van der Waals surface area contributed by atoms with E-state index in [9.17, 15) is 4.79 Å². The van der Waals surface area contributed by atoms with E-state index >= 15 is 0 Å². The molecule has 0 bridgehead atoms. The van der Waals surface area contributed by atoms with Gasteiger partial charge in [-0.05, 0) is 18.6 Å². The molecule has 2 rings (SSSR count). The van der Waals surface area contributed by atoms with Crippen molar-refractivity contribution in [1.82, 2.24) is 4.98 Å². The highest BCUT2D eigenvalue weighted by atomic mass is 35.5. The van der Waals surface area contributed by atoms with Gasteiger partial charge in [0.1, 0.15) is 0 Å². The summed E-state index contributed by atoms with van der Waals surface area (Å²) in [5, 5.41) is 1.32.